The van der Waals surface area contributed by atoms with Gasteiger partial charge < -0.3 is 24.4 Å². The largest absolute Gasteiger partial charge is 0.508 e. The van der Waals surface area contributed by atoms with Crippen LogP contribution < -0.4 is 4.74 Å². The fourth-order valence-electron chi connectivity index (χ4n) is 3.29. The standard InChI is InChI=1S/C19H23O6P/c1-11(2)16-8-13(4-5-17(16)20)19-18-12(3)6-15(7-14(18)9-24-19)25-10-26(21,22)23/h4-8,11,19-20H,9-10H2,1-3H3,(H2,21,22,23)/t19-/m1/s1. The molecule has 0 saturated carbocycles. The molecule has 3 N–H and O–H groups in total. The molecular formula is C19H23O6P. The molecule has 1 atom stereocenters. The number of fused-ring (bicyclic) bond motifs is 1. The summed E-state index contributed by atoms with van der Waals surface area (Å²) < 4.78 is 22.2. The molecule has 0 aromatic heterocycles. The second kappa shape index (κ2) is 7.05. The van der Waals surface area contributed by atoms with Gasteiger partial charge in [0.1, 0.15) is 17.6 Å². The predicted octanol–water partition coefficient (Wildman–Crippen LogP) is 3.96. The second-order valence-electron chi connectivity index (χ2n) is 6.92. The number of rotatable bonds is 5. The van der Waals surface area contributed by atoms with Gasteiger partial charge in [0.2, 0.25) is 0 Å². The summed E-state index contributed by atoms with van der Waals surface area (Å²) in [5, 5.41) is 10.0. The smallest absolute Gasteiger partial charge is 0.362 e. The van der Waals surface area contributed by atoms with E-state index in [-0.39, 0.29) is 17.8 Å². The minimum Gasteiger partial charge on any atom is -0.508 e. The fourth-order valence-corrected chi connectivity index (χ4v) is 3.61. The SMILES string of the molecule is Cc1cc(OCP(=O)(O)O)cc2c1[C@@H](c1ccc(O)c(C(C)C)c1)OC2. The fraction of sp³-hybridized carbons (Fsp3) is 0.368. The van der Waals surface area contributed by atoms with E-state index in [1.807, 2.05) is 32.9 Å². The van der Waals surface area contributed by atoms with Gasteiger partial charge in [0.15, 0.2) is 6.35 Å². The molecule has 0 radical (unpaired) electrons. The van der Waals surface area contributed by atoms with Gasteiger partial charge in [-0.05, 0) is 64.9 Å². The average Bonchev–Trinajstić information content (AvgIpc) is 2.97. The molecule has 1 heterocycles. The first-order valence-electron chi connectivity index (χ1n) is 8.41. The lowest BCUT2D eigenvalue weighted by atomic mass is 9.92. The van der Waals surface area contributed by atoms with Gasteiger partial charge in [-0.1, -0.05) is 19.9 Å². The number of phenols is 1. The molecule has 1 aliphatic rings. The molecule has 6 nitrogen and oxygen atoms in total. The number of hydrogen-bond donors (Lipinski definition) is 3. The number of ether oxygens (including phenoxy) is 2. The van der Waals surface area contributed by atoms with Crippen LogP contribution in [0.1, 0.15) is 53.7 Å². The number of benzene rings is 2. The van der Waals surface area contributed by atoms with E-state index in [2.05, 4.69) is 0 Å². The van der Waals surface area contributed by atoms with Crippen LogP contribution in [0.15, 0.2) is 30.3 Å². The molecular weight excluding hydrogens is 355 g/mol. The lowest BCUT2D eigenvalue weighted by molar-refractivity contribution is 0.0936. The van der Waals surface area contributed by atoms with Crippen LogP contribution in [0.4, 0.5) is 0 Å². The zero-order valence-electron chi connectivity index (χ0n) is 15.0. The quantitative estimate of drug-likeness (QED) is 0.682. The lowest BCUT2D eigenvalue weighted by Gasteiger charge is -2.18. The molecule has 3 rings (SSSR count). The number of aryl methyl sites for hydroxylation is 1. The Labute approximate surface area is 152 Å². The highest BCUT2D eigenvalue weighted by molar-refractivity contribution is 7.51. The minimum absolute atomic E-state index is 0.195. The van der Waals surface area contributed by atoms with Crippen LogP contribution in [0.3, 0.4) is 0 Å². The number of phenolic OH excluding ortho intramolecular Hbond substituents is 1. The third-order valence-corrected chi connectivity index (χ3v) is 4.95. The zero-order valence-corrected chi connectivity index (χ0v) is 15.9. The molecule has 2 aromatic carbocycles. The van der Waals surface area contributed by atoms with Crippen molar-refractivity contribution in [1.82, 2.24) is 0 Å². The Morgan fingerprint density at radius 3 is 2.65 bits per heavy atom. The van der Waals surface area contributed by atoms with Crippen LogP contribution in [0, 0.1) is 6.92 Å². The van der Waals surface area contributed by atoms with Crippen LogP contribution in [0.5, 0.6) is 11.5 Å². The summed E-state index contributed by atoms with van der Waals surface area (Å²) in [6.45, 7) is 6.37. The Bertz CT molecular complexity index is 871. The lowest BCUT2D eigenvalue weighted by Crippen LogP contribution is -2.03. The molecule has 1 aliphatic heterocycles. The summed E-state index contributed by atoms with van der Waals surface area (Å²) >= 11 is 0. The molecule has 26 heavy (non-hydrogen) atoms. The summed E-state index contributed by atoms with van der Waals surface area (Å²) in [6.07, 6.45) is -0.885. The van der Waals surface area contributed by atoms with E-state index in [4.69, 9.17) is 19.3 Å². The van der Waals surface area contributed by atoms with E-state index in [0.717, 1.165) is 27.8 Å². The number of hydrogen-bond acceptors (Lipinski definition) is 4. The predicted molar refractivity (Wildman–Crippen MR) is 97.5 cm³/mol. The maximum atomic E-state index is 11.0. The zero-order chi connectivity index (χ0) is 19.1. The highest BCUT2D eigenvalue weighted by atomic mass is 31.2. The number of aromatic hydroxyl groups is 1. The molecule has 140 valence electrons. The van der Waals surface area contributed by atoms with Crippen molar-refractivity contribution in [2.45, 2.75) is 39.4 Å². The van der Waals surface area contributed by atoms with Crippen LogP contribution >= 0.6 is 7.60 Å². The first-order valence-corrected chi connectivity index (χ1v) is 10.2. The van der Waals surface area contributed by atoms with Crippen molar-refractivity contribution in [3.05, 3.63) is 58.1 Å². The van der Waals surface area contributed by atoms with Crippen molar-refractivity contribution in [2.75, 3.05) is 6.35 Å². The Hall–Kier alpha value is -1.85. The van der Waals surface area contributed by atoms with E-state index < -0.39 is 13.9 Å². The summed E-state index contributed by atoms with van der Waals surface area (Å²) in [5.74, 6) is 0.891. The third-order valence-electron chi connectivity index (χ3n) is 4.49. The molecule has 0 unspecified atom stereocenters. The normalized spacial score (nSPS) is 16.8. The van der Waals surface area contributed by atoms with Crippen LogP contribution in [0.2, 0.25) is 0 Å². The van der Waals surface area contributed by atoms with Crippen molar-refractivity contribution in [1.29, 1.82) is 0 Å². The first-order chi connectivity index (χ1) is 12.2. The van der Waals surface area contributed by atoms with Crippen molar-refractivity contribution >= 4 is 7.60 Å². The minimum atomic E-state index is -4.22. The molecule has 0 amide bonds. The van der Waals surface area contributed by atoms with Gasteiger partial charge >= 0.3 is 7.60 Å². The Morgan fingerprint density at radius 1 is 1.27 bits per heavy atom. The van der Waals surface area contributed by atoms with Gasteiger partial charge in [-0.3, -0.25) is 4.57 Å². The van der Waals surface area contributed by atoms with Crippen LogP contribution in [-0.4, -0.2) is 21.2 Å². The van der Waals surface area contributed by atoms with E-state index >= 15 is 0 Å². The summed E-state index contributed by atoms with van der Waals surface area (Å²) in [7, 11) is -4.22. The molecule has 0 bridgehead atoms. The Balaban J connectivity index is 1.92. The van der Waals surface area contributed by atoms with Gasteiger partial charge in [-0.25, -0.2) is 0 Å². The monoisotopic (exact) mass is 378 g/mol. The maximum Gasteiger partial charge on any atom is 0.362 e. The summed E-state index contributed by atoms with van der Waals surface area (Å²) in [4.78, 5) is 17.9. The van der Waals surface area contributed by atoms with Crippen molar-refractivity contribution < 1.29 is 28.9 Å². The van der Waals surface area contributed by atoms with Crippen LogP contribution in [-0.2, 0) is 15.9 Å². The molecule has 0 fully saturated rings. The van der Waals surface area contributed by atoms with E-state index in [1.54, 1.807) is 18.2 Å². The van der Waals surface area contributed by atoms with Gasteiger partial charge in [-0.2, -0.15) is 0 Å². The molecule has 7 heteroatoms. The maximum absolute atomic E-state index is 11.0. The van der Waals surface area contributed by atoms with Crippen molar-refractivity contribution in [3.8, 4) is 11.5 Å². The Kier molecular flexibility index (Phi) is 5.13. The van der Waals surface area contributed by atoms with E-state index in [1.165, 1.54) is 0 Å². The molecule has 0 saturated heterocycles. The highest BCUT2D eigenvalue weighted by Gasteiger charge is 2.28. The van der Waals surface area contributed by atoms with E-state index in [0.29, 0.717) is 12.4 Å². The third kappa shape index (κ3) is 3.94. The van der Waals surface area contributed by atoms with Gasteiger partial charge in [0, 0.05) is 0 Å². The highest BCUT2D eigenvalue weighted by Crippen LogP contribution is 2.42. The molecule has 0 aliphatic carbocycles. The van der Waals surface area contributed by atoms with Crippen LogP contribution in [0.25, 0.3) is 0 Å². The van der Waals surface area contributed by atoms with Gasteiger partial charge in [-0.15, -0.1) is 0 Å². The van der Waals surface area contributed by atoms with Crippen molar-refractivity contribution in [2.24, 2.45) is 0 Å². The van der Waals surface area contributed by atoms with E-state index in [9.17, 15) is 9.67 Å². The molecule has 0 spiro atoms. The van der Waals surface area contributed by atoms with Gasteiger partial charge in [0.05, 0.1) is 6.61 Å². The second-order valence-corrected chi connectivity index (χ2v) is 8.50. The summed E-state index contributed by atoms with van der Waals surface area (Å²) in [5.41, 5.74) is 4.75. The van der Waals surface area contributed by atoms with Gasteiger partial charge in [0.25, 0.3) is 0 Å². The average molecular weight is 378 g/mol. The molecule has 2 aromatic rings. The van der Waals surface area contributed by atoms with Crippen molar-refractivity contribution in [3.63, 3.8) is 0 Å². The summed E-state index contributed by atoms with van der Waals surface area (Å²) in [6, 6.07) is 9.05. The first kappa shape index (κ1) is 18.9. The topological polar surface area (TPSA) is 96.2 Å². The Morgan fingerprint density at radius 2 is 2.00 bits per heavy atom.